The third-order valence-corrected chi connectivity index (χ3v) is 6.12. The minimum atomic E-state index is -0.507. The number of carbonyl (C=O) groups is 3. The van der Waals surface area contributed by atoms with E-state index >= 15 is 0 Å². The summed E-state index contributed by atoms with van der Waals surface area (Å²) < 4.78 is 10.1. The smallest absolute Gasteiger partial charge is 0.303 e. The molecule has 3 rings (SSSR count). The highest BCUT2D eigenvalue weighted by Crippen LogP contribution is 2.36. The fourth-order valence-electron chi connectivity index (χ4n) is 3.42. The number of esters is 1. The van der Waals surface area contributed by atoms with E-state index in [1.165, 1.54) is 18.3 Å². The van der Waals surface area contributed by atoms with Crippen molar-refractivity contribution in [3.63, 3.8) is 0 Å². The fraction of sp³-hybridized carbons (Fsp3) is 0.364. The standard InChI is InChI=1S/C22H23N3O5S/c1-14(26)30-13-21(28)25-10-9-16-17(11-23)22(31-19(16)12-25)24-20(27)8-7-15-5-3-4-6-18(15)29-2/h3-6H,7-10,12-13H2,1-2H3,(H,24,27). The third kappa shape index (κ3) is 5.41. The summed E-state index contributed by atoms with van der Waals surface area (Å²) in [6.45, 7) is 1.71. The molecule has 1 aliphatic rings. The molecule has 2 aromatic rings. The highest BCUT2D eigenvalue weighted by atomic mass is 32.1. The van der Waals surface area contributed by atoms with Gasteiger partial charge in [-0.3, -0.25) is 14.4 Å². The van der Waals surface area contributed by atoms with E-state index in [2.05, 4.69) is 11.4 Å². The molecule has 0 aliphatic carbocycles. The zero-order chi connectivity index (χ0) is 22.4. The zero-order valence-corrected chi connectivity index (χ0v) is 18.2. The number of thiophene rings is 1. The van der Waals surface area contributed by atoms with Gasteiger partial charge in [0, 0.05) is 24.8 Å². The molecule has 0 atom stereocenters. The molecule has 0 bridgehead atoms. The van der Waals surface area contributed by atoms with Crippen LogP contribution in [-0.2, 0) is 38.5 Å². The molecule has 0 saturated heterocycles. The summed E-state index contributed by atoms with van der Waals surface area (Å²) in [5.74, 6) is -0.246. The molecular formula is C22H23N3O5S. The van der Waals surface area contributed by atoms with Gasteiger partial charge in [-0.2, -0.15) is 5.26 Å². The lowest BCUT2D eigenvalue weighted by Crippen LogP contribution is -2.38. The van der Waals surface area contributed by atoms with Gasteiger partial charge in [-0.1, -0.05) is 18.2 Å². The summed E-state index contributed by atoms with van der Waals surface area (Å²) in [5, 5.41) is 13.0. The first-order chi connectivity index (χ1) is 14.9. The van der Waals surface area contributed by atoms with Crippen LogP contribution < -0.4 is 10.1 Å². The Hall–Kier alpha value is -3.38. The van der Waals surface area contributed by atoms with Crippen LogP contribution in [0, 0.1) is 11.3 Å². The molecule has 0 spiro atoms. The van der Waals surface area contributed by atoms with Gasteiger partial charge in [0.1, 0.15) is 16.8 Å². The number of aryl methyl sites for hydroxylation is 1. The molecular weight excluding hydrogens is 418 g/mol. The van der Waals surface area contributed by atoms with Crippen LogP contribution in [0.25, 0.3) is 0 Å². The van der Waals surface area contributed by atoms with E-state index in [-0.39, 0.29) is 24.8 Å². The van der Waals surface area contributed by atoms with Crippen molar-refractivity contribution in [3.05, 3.63) is 45.8 Å². The lowest BCUT2D eigenvalue weighted by molar-refractivity contribution is -0.150. The van der Waals surface area contributed by atoms with Crippen molar-refractivity contribution in [1.82, 2.24) is 4.90 Å². The van der Waals surface area contributed by atoms with Crippen LogP contribution in [0.5, 0.6) is 5.75 Å². The summed E-state index contributed by atoms with van der Waals surface area (Å²) in [4.78, 5) is 38.1. The van der Waals surface area contributed by atoms with Gasteiger partial charge in [0.05, 0.1) is 19.2 Å². The van der Waals surface area contributed by atoms with E-state index in [0.717, 1.165) is 21.8 Å². The number of nitrogens with one attached hydrogen (secondary N) is 1. The van der Waals surface area contributed by atoms with Crippen LogP contribution in [0.1, 0.15) is 34.9 Å². The molecule has 0 unspecified atom stereocenters. The summed E-state index contributed by atoms with van der Waals surface area (Å²) >= 11 is 1.31. The van der Waals surface area contributed by atoms with Gasteiger partial charge < -0.3 is 19.7 Å². The van der Waals surface area contributed by atoms with Crippen LogP contribution in [0.3, 0.4) is 0 Å². The number of benzene rings is 1. The topological polar surface area (TPSA) is 109 Å². The second kappa shape index (κ2) is 10.1. The largest absolute Gasteiger partial charge is 0.496 e. The zero-order valence-electron chi connectivity index (χ0n) is 17.4. The van der Waals surface area contributed by atoms with Gasteiger partial charge in [-0.25, -0.2) is 0 Å². The Balaban J connectivity index is 1.65. The number of amides is 2. The number of hydrogen-bond acceptors (Lipinski definition) is 7. The van der Waals surface area contributed by atoms with E-state index < -0.39 is 5.97 Å². The molecule has 31 heavy (non-hydrogen) atoms. The fourth-order valence-corrected chi connectivity index (χ4v) is 4.65. The second-order valence-corrected chi connectivity index (χ2v) is 8.13. The summed E-state index contributed by atoms with van der Waals surface area (Å²) in [5.41, 5.74) is 2.26. The normalized spacial score (nSPS) is 12.5. The van der Waals surface area contributed by atoms with E-state index in [1.807, 2.05) is 24.3 Å². The number of methoxy groups -OCH3 is 1. The number of ether oxygens (including phenoxy) is 2. The first-order valence-corrected chi connectivity index (χ1v) is 10.6. The molecule has 0 radical (unpaired) electrons. The Labute approximate surface area is 184 Å². The molecule has 1 aliphatic heterocycles. The number of hydrogen-bond donors (Lipinski definition) is 1. The molecule has 0 saturated carbocycles. The number of carbonyl (C=O) groups excluding carboxylic acids is 3. The SMILES string of the molecule is COc1ccccc1CCC(=O)Nc1sc2c(c1C#N)CCN(C(=O)COC(C)=O)C2. The first-order valence-electron chi connectivity index (χ1n) is 9.80. The van der Waals surface area contributed by atoms with Gasteiger partial charge in [0.15, 0.2) is 6.61 Å². The Bertz CT molecular complexity index is 1040. The van der Waals surface area contributed by atoms with Gasteiger partial charge in [0.25, 0.3) is 5.91 Å². The van der Waals surface area contributed by atoms with Crippen molar-refractivity contribution in [2.24, 2.45) is 0 Å². The third-order valence-electron chi connectivity index (χ3n) is 4.99. The lowest BCUT2D eigenvalue weighted by Gasteiger charge is -2.26. The second-order valence-electron chi connectivity index (χ2n) is 7.03. The molecule has 1 aromatic heterocycles. The van der Waals surface area contributed by atoms with Crippen molar-refractivity contribution in [3.8, 4) is 11.8 Å². The van der Waals surface area contributed by atoms with Gasteiger partial charge in [-0.15, -0.1) is 11.3 Å². The van der Waals surface area contributed by atoms with Crippen molar-refractivity contribution >= 4 is 34.1 Å². The van der Waals surface area contributed by atoms with Crippen molar-refractivity contribution in [1.29, 1.82) is 5.26 Å². The number of anilines is 1. The molecule has 0 fully saturated rings. The average Bonchev–Trinajstić information content (AvgIpc) is 3.11. The Morgan fingerprint density at radius 1 is 1.29 bits per heavy atom. The number of rotatable bonds is 7. The molecule has 8 nitrogen and oxygen atoms in total. The Morgan fingerprint density at radius 2 is 2.06 bits per heavy atom. The van der Waals surface area contributed by atoms with E-state index in [1.54, 1.807) is 12.0 Å². The molecule has 9 heteroatoms. The maximum absolute atomic E-state index is 12.5. The molecule has 2 amide bonds. The Kier molecular flexibility index (Phi) is 7.26. The summed E-state index contributed by atoms with van der Waals surface area (Å²) in [7, 11) is 1.59. The summed E-state index contributed by atoms with van der Waals surface area (Å²) in [6, 6.07) is 9.72. The predicted molar refractivity (Wildman–Crippen MR) is 115 cm³/mol. The highest BCUT2D eigenvalue weighted by Gasteiger charge is 2.27. The number of para-hydroxylation sites is 1. The van der Waals surface area contributed by atoms with Gasteiger partial charge in [0.2, 0.25) is 5.91 Å². The van der Waals surface area contributed by atoms with E-state index in [9.17, 15) is 19.6 Å². The highest BCUT2D eigenvalue weighted by molar-refractivity contribution is 7.16. The van der Waals surface area contributed by atoms with Crippen LogP contribution in [0.2, 0.25) is 0 Å². The van der Waals surface area contributed by atoms with Gasteiger partial charge >= 0.3 is 5.97 Å². The quantitative estimate of drug-likeness (QED) is 0.662. The molecule has 2 heterocycles. The number of nitriles is 1. The van der Waals surface area contributed by atoms with E-state index in [4.69, 9.17) is 9.47 Å². The number of fused-ring (bicyclic) bond motifs is 1. The maximum atomic E-state index is 12.5. The minimum Gasteiger partial charge on any atom is -0.496 e. The summed E-state index contributed by atoms with van der Waals surface area (Å²) in [6.07, 6.45) is 1.28. The van der Waals surface area contributed by atoms with Crippen molar-refractivity contribution in [2.75, 3.05) is 25.6 Å². The predicted octanol–water partition coefficient (Wildman–Crippen LogP) is 2.65. The molecule has 1 N–H and O–H groups in total. The first kappa shape index (κ1) is 22.3. The van der Waals surface area contributed by atoms with Crippen LogP contribution >= 0.6 is 11.3 Å². The van der Waals surface area contributed by atoms with Gasteiger partial charge in [-0.05, 0) is 30.0 Å². The number of nitrogens with zero attached hydrogens (tertiary/aromatic N) is 2. The average molecular weight is 442 g/mol. The van der Waals surface area contributed by atoms with Crippen LogP contribution in [-0.4, -0.2) is 42.9 Å². The Morgan fingerprint density at radius 3 is 2.77 bits per heavy atom. The monoisotopic (exact) mass is 441 g/mol. The van der Waals surface area contributed by atoms with Crippen LogP contribution in [0.4, 0.5) is 5.00 Å². The van der Waals surface area contributed by atoms with E-state index in [0.29, 0.717) is 36.5 Å². The lowest BCUT2D eigenvalue weighted by atomic mass is 10.0. The van der Waals surface area contributed by atoms with Crippen LogP contribution in [0.15, 0.2) is 24.3 Å². The minimum absolute atomic E-state index is 0.191. The maximum Gasteiger partial charge on any atom is 0.303 e. The van der Waals surface area contributed by atoms with Crippen molar-refractivity contribution in [2.45, 2.75) is 32.7 Å². The molecule has 1 aromatic carbocycles. The molecule has 162 valence electrons. The van der Waals surface area contributed by atoms with Crippen molar-refractivity contribution < 1.29 is 23.9 Å².